The van der Waals surface area contributed by atoms with Gasteiger partial charge in [0, 0.05) is 18.8 Å². The van der Waals surface area contributed by atoms with Crippen molar-refractivity contribution >= 4 is 9.84 Å². The van der Waals surface area contributed by atoms with Crippen LogP contribution in [0.4, 0.5) is 0 Å². The van der Waals surface area contributed by atoms with E-state index in [1.54, 1.807) is 0 Å². The fraction of sp³-hybridized carbons (Fsp3) is 0.538. The minimum Gasteiger partial charge on any atom is -0.486 e. The number of hydrogen-bond donors (Lipinski definition) is 1. The summed E-state index contributed by atoms with van der Waals surface area (Å²) >= 11 is 0. The molecule has 1 aliphatic rings. The molecule has 0 saturated carbocycles. The fourth-order valence-corrected chi connectivity index (χ4v) is 3.03. The van der Waals surface area contributed by atoms with E-state index in [4.69, 9.17) is 9.47 Å². The molecule has 106 valence electrons. The summed E-state index contributed by atoms with van der Waals surface area (Å²) in [5, 5.41) is 3.19. The van der Waals surface area contributed by atoms with Crippen molar-refractivity contribution in [2.45, 2.75) is 19.5 Å². The van der Waals surface area contributed by atoms with E-state index >= 15 is 0 Å². The van der Waals surface area contributed by atoms with Crippen LogP contribution in [0.3, 0.4) is 0 Å². The van der Waals surface area contributed by atoms with Gasteiger partial charge in [-0.05, 0) is 24.6 Å². The Bertz CT molecular complexity index is 542. The maximum absolute atomic E-state index is 11.2. The summed E-state index contributed by atoms with van der Waals surface area (Å²) in [5.74, 6) is 1.65. The van der Waals surface area contributed by atoms with Gasteiger partial charge < -0.3 is 14.8 Å². The average molecular weight is 285 g/mol. The molecular formula is C13H19NO4S. The van der Waals surface area contributed by atoms with Crippen LogP contribution in [0.5, 0.6) is 11.5 Å². The van der Waals surface area contributed by atoms with Gasteiger partial charge in [-0.3, -0.25) is 0 Å². The molecule has 0 aliphatic carbocycles. The average Bonchev–Trinajstić information content (AvgIpc) is 2.34. The van der Waals surface area contributed by atoms with Crippen LogP contribution < -0.4 is 14.8 Å². The van der Waals surface area contributed by atoms with Crippen molar-refractivity contribution in [3.63, 3.8) is 0 Å². The van der Waals surface area contributed by atoms with Gasteiger partial charge in [-0.15, -0.1) is 0 Å². The Morgan fingerprint density at radius 3 is 2.63 bits per heavy atom. The van der Waals surface area contributed by atoms with E-state index in [2.05, 4.69) is 5.32 Å². The molecule has 0 amide bonds. The summed E-state index contributed by atoms with van der Waals surface area (Å²) in [7, 11) is -2.95. The third kappa shape index (κ3) is 4.40. The Balaban J connectivity index is 1.93. The van der Waals surface area contributed by atoms with Crippen LogP contribution in [-0.4, -0.2) is 39.7 Å². The molecule has 1 heterocycles. The van der Waals surface area contributed by atoms with E-state index in [1.165, 1.54) is 6.26 Å². The highest BCUT2D eigenvalue weighted by molar-refractivity contribution is 7.90. The van der Waals surface area contributed by atoms with Crippen molar-refractivity contribution in [3.05, 3.63) is 23.8 Å². The molecule has 6 heteroatoms. The molecule has 5 nitrogen and oxygen atoms in total. The largest absolute Gasteiger partial charge is 0.486 e. The van der Waals surface area contributed by atoms with E-state index < -0.39 is 9.84 Å². The first-order valence-electron chi connectivity index (χ1n) is 6.24. The highest BCUT2D eigenvalue weighted by atomic mass is 32.2. The number of ether oxygens (including phenoxy) is 2. The van der Waals surface area contributed by atoms with E-state index in [0.717, 1.165) is 17.1 Å². The maximum Gasteiger partial charge on any atom is 0.161 e. The number of fused-ring (bicyclic) bond motifs is 1. The monoisotopic (exact) mass is 285 g/mol. The third-order valence-corrected chi connectivity index (χ3v) is 3.92. The minimum absolute atomic E-state index is 0.0804. The Hall–Kier alpha value is -1.27. The second kappa shape index (κ2) is 5.79. The molecule has 1 aromatic rings. The van der Waals surface area contributed by atoms with Crippen LogP contribution in [0.1, 0.15) is 12.5 Å². The predicted molar refractivity (Wildman–Crippen MR) is 73.4 cm³/mol. The van der Waals surface area contributed by atoms with Crippen molar-refractivity contribution in [2.24, 2.45) is 0 Å². The summed E-state index contributed by atoms with van der Waals surface area (Å²) in [5.41, 5.74) is 1.05. The van der Waals surface area contributed by atoms with E-state index in [9.17, 15) is 8.42 Å². The molecule has 0 saturated heterocycles. The second-order valence-electron chi connectivity index (χ2n) is 4.85. The standard InChI is InChI=1S/C13H19NO4S/c1-10(9-19(2,15)16)14-8-11-3-4-12-13(7-11)18-6-5-17-12/h3-4,7,10,14H,5-6,8-9H2,1-2H3. The zero-order chi connectivity index (χ0) is 13.9. The van der Waals surface area contributed by atoms with E-state index in [1.807, 2.05) is 25.1 Å². The van der Waals surface area contributed by atoms with Crippen LogP contribution in [0, 0.1) is 0 Å². The predicted octanol–water partition coefficient (Wildman–Crippen LogP) is 0.980. The lowest BCUT2D eigenvalue weighted by Gasteiger charge is -2.19. The molecule has 0 fully saturated rings. The van der Waals surface area contributed by atoms with Crippen LogP contribution in [0.25, 0.3) is 0 Å². The van der Waals surface area contributed by atoms with Crippen molar-refractivity contribution in [3.8, 4) is 11.5 Å². The Kier molecular flexibility index (Phi) is 4.31. The highest BCUT2D eigenvalue weighted by Crippen LogP contribution is 2.30. The molecule has 1 unspecified atom stereocenters. The molecule has 0 spiro atoms. The van der Waals surface area contributed by atoms with Gasteiger partial charge in [-0.1, -0.05) is 6.07 Å². The first kappa shape index (κ1) is 14.1. The molecule has 2 rings (SSSR count). The molecule has 1 atom stereocenters. The molecule has 1 aromatic carbocycles. The quantitative estimate of drug-likeness (QED) is 0.873. The van der Waals surface area contributed by atoms with Gasteiger partial charge in [0.1, 0.15) is 23.1 Å². The molecule has 0 radical (unpaired) electrons. The summed E-state index contributed by atoms with van der Waals surface area (Å²) in [6.45, 7) is 3.61. The van der Waals surface area contributed by atoms with Crippen molar-refractivity contribution in [1.29, 1.82) is 0 Å². The van der Waals surface area contributed by atoms with Crippen LogP contribution >= 0.6 is 0 Å². The van der Waals surface area contributed by atoms with Gasteiger partial charge in [0.05, 0.1) is 5.75 Å². The SMILES string of the molecule is CC(CS(C)(=O)=O)NCc1ccc2c(c1)OCCO2. The summed E-state index contributed by atoms with van der Waals surface area (Å²) in [4.78, 5) is 0. The topological polar surface area (TPSA) is 64.6 Å². The number of benzene rings is 1. The Labute approximate surface area is 113 Å². The highest BCUT2D eigenvalue weighted by Gasteiger charge is 2.13. The molecule has 1 aliphatic heterocycles. The van der Waals surface area contributed by atoms with Gasteiger partial charge in [0.15, 0.2) is 11.5 Å². The first-order chi connectivity index (χ1) is 8.94. The van der Waals surface area contributed by atoms with E-state index in [-0.39, 0.29) is 11.8 Å². The normalized spacial score (nSPS) is 16.1. The van der Waals surface area contributed by atoms with E-state index in [0.29, 0.717) is 19.8 Å². The molecule has 0 aromatic heterocycles. The zero-order valence-corrected chi connectivity index (χ0v) is 12.0. The molecular weight excluding hydrogens is 266 g/mol. The molecule has 1 N–H and O–H groups in total. The Morgan fingerprint density at radius 1 is 1.26 bits per heavy atom. The second-order valence-corrected chi connectivity index (χ2v) is 7.04. The smallest absolute Gasteiger partial charge is 0.161 e. The van der Waals surface area contributed by atoms with Crippen LogP contribution in [0.15, 0.2) is 18.2 Å². The zero-order valence-electron chi connectivity index (χ0n) is 11.2. The molecule has 0 bridgehead atoms. The van der Waals surface area contributed by atoms with Gasteiger partial charge in [0.2, 0.25) is 0 Å². The minimum atomic E-state index is -2.95. The lowest BCUT2D eigenvalue weighted by atomic mass is 10.2. The molecule has 19 heavy (non-hydrogen) atoms. The Morgan fingerprint density at radius 2 is 1.95 bits per heavy atom. The first-order valence-corrected chi connectivity index (χ1v) is 8.30. The van der Waals surface area contributed by atoms with Crippen LogP contribution in [0.2, 0.25) is 0 Å². The number of nitrogens with one attached hydrogen (secondary N) is 1. The van der Waals surface area contributed by atoms with Gasteiger partial charge in [0.25, 0.3) is 0 Å². The summed E-state index contributed by atoms with van der Waals surface area (Å²) < 4.78 is 33.3. The van der Waals surface area contributed by atoms with Crippen LogP contribution in [-0.2, 0) is 16.4 Å². The number of sulfone groups is 1. The third-order valence-electron chi connectivity index (χ3n) is 2.81. The van der Waals surface area contributed by atoms with Crippen molar-refractivity contribution in [2.75, 3.05) is 25.2 Å². The summed E-state index contributed by atoms with van der Waals surface area (Å²) in [6.07, 6.45) is 1.25. The lowest BCUT2D eigenvalue weighted by molar-refractivity contribution is 0.171. The lowest BCUT2D eigenvalue weighted by Crippen LogP contribution is -2.32. The van der Waals surface area contributed by atoms with Crippen molar-refractivity contribution in [1.82, 2.24) is 5.32 Å². The fourth-order valence-electron chi connectivity index (χ4n) is 2.00. The maximum atomic E-state index is 11.2. The van der Waals surface area contributed by atoms with Gasteiger partial charge in [-0.2, -0.15) is 0 Å². The van der Waals surface area contributed by atoms with Gasteiger partial charge >= 0.3 is 0 Å². The number of rotatable bonds is 5. The van der Waals surface area contributed by atoms with Gasteiger partial charge in [-0.25, -0.2) is 8.42 Å². The number of hydrogen-bond acceptors (Lipinski definition) is 5. The summed E-state index contributed by atoms with van der Waals surface area (Å²) in [6, 6.07) is 5.68. The van der Waals surface area contributed by atoms with Crippen molar-refractivity contribution < 1.29 is 17.9 Å².